The number of Topliss-reactive ketones (excluding diaryl/α,β-unsaturated/α-hetero) is 2. The first kappa shape index (κ1) is 80.6. The number of carbonyl (C=O) groups is 10. The van der Waals surface area contributed by atoms with Crippen molar-refractivity contribution in [2.75, 3.05) is 73.9 Å². The van der Waals surface area contributed by atoms with Gasteiger partial charge >= 0.3 is 6.03 Å². The van der Waals surface area contributed by atoms with Crippen molar-refractivity contribution in [3.05, 3.63) is 65.7 Å². The molecule has 0 aliphatic carbocycles. The second-order valence-electron chi connectivity index (χ2n) is 27.8. The van der Waals surface area contributed by atoms with Crippen LogP contribution in [0.4, 0.5) is 10.5 Å². The number of nitrogens with one attached hydrogen (secondary N) is 6. The van der Waals surface area contributed by atoms with Crippen molar-refractivity contribution >= 4 is 64.6 Å². The number of likely N-dealkylation sites (N-methyl/N-ethyl adjacent to an activating group) is 2. The second kappa shape index (κ2) is 40.0. The van der Waals surface area contributed by atoms with Crippen molar-refractivity contribution < 1.29 is 57.4 Å². The van der Waals surface area contributed by atoms with Crippen LogP contribution in [0.1, 0.15) is 157 Å². The molecular weight excluding hydrogens is 1210 g/mol. The summed E-state index contributed by atoms with van der Waals surface area (Å²) < 4.78 is 12.3. The van der Waals surface area contributed by atoms with Crippen LogP contribution in [-0.2, 0) is 65.6 Å². The highest BCUT2D eigenvalue weighted by Crippen LogP contribution is 2.32. The van der Waals surface area contributed by atoms with Gasteiger partial charge in [-0.05, 0) is 132 Å². The van der Waals surface area contributed by atoms with E-state index in [9.17, 15) is 47.9 Å². The Bertz CT molecular complexity index is 2790. The molecule has 2 saturated heterocycles. The number of methoxy groups -OCH3 is 2. The van der Waals surface area contributed by atoms with Crippen molar-refractivity contribution in [1.82, 2.24) is 46.2 Å². The van der Waals surface area contributed by atoms with E-state index >= 15 is 0 Å². The Morgan fingerprint density at radius 2 is 1.36 bits per heavy atom. The highest BCUT2D eigenvalue weighted by atomic mass is 16.5. The van der Waals surface area contributed by atoms with E-state index in [1.54, 1.807) is 62.2 Å². The molecular formula is C72H117N11O12. The Morgan fingerprint density at radius 3 is 1.93 bits per heavy atom. The van der Waals surface area contributed by atoms with E-state index in [-0.39, 0.29) is 134 Å². The zero-order valence-electron chi connectivity index (χ0n) is 59.9. The molecule has 0 unspecified atom stereocenters. The van der Waals surface area contributed by atoms with Crippen molar-refractivity contribution in [3.63, 3.8) is 0 Å². The number of amides is 9. The minimum atomic E-state index is -0.835. The summed E-state index contributed by atoms with van der Waals surface area (Å²) in [6, 6.07) is 12.8. The third-order valence-corrected chi connectivity index (χ3v) is 19.5. The van der Waals surface area contributed by atoms with Crippen LogP contribution in [-0.4, -0.2) is 196 Å². The van der Waals surface area contributed by atoms with Gasteiger partial charge in [-0.3, -0.25) is 48.1 Å². The summed E-state index contributed by atoms with van der Waals surface area (Å²) in [5.74, 6) is -5.04. The minimum Gasteiger partial charge on any atom is -0.379 e. The number of anilines is 1. The summed E-state index contributed by atoms with van der Waals surface area (Å²) in [5.41, 5.74) is 7.34. The number of hydrogen-bond acceptors (Lipinski definition) is 14. The van der Waals surface area contributed by atoms with E-state index in [4.69, 9.17) is 15.2 Å². The van der Waals surface area contributed by atoms with Crippen LogP contribution in [0, 0.1) is 47.3 Å². The molecule has 4 rings (SSSR count). The lowest BCUT2D eigenvalue weighted by atomic mass is 9.85. The predicted molar refractivity (Wildman–Crippen MR) is 369 cm³/mol. The summed E-state index contributed by atoms with van der Waals surface area (Å²) in [4.78, 5) is 144. The first-order valence-corrected chi connectivity index (χ1v) is 34.6. The van der Waals surface area contributed by atoms with Crippen molar-refractivity contribution in [2.24, 2.45) is 53.1 Å². The van der Waals surface area contributed by atoms with E-state index in [2.05, 4.69) is 43.7 Å². The van der Waals surface area contributed by atoms with Gasteiger partial charge < -0.3 is 61.8 Å². The molecule has 532 valence electrons. The van der Waals surface area contributed by atoms with Gasteiger partial charge in [-0.15, -0.1) is 0 Å². The second-order valence-corrected chi connectivity index (χ2v) is 27.8. The molecule has 0 radical (unpaired) electrons. The average Bonchev–Trinajstić information content (AvgIpc) is 1.80. The topological polar surface area (TPSA) is 300 Å². The van der Waals surface area contributed by atoms with Crippen LogP contribution >= 0.6 is 0 Å². The van der Waals surface area contributed by atoms with Gasteiger partial charge in [0.1, 0.15) is 11.8 Å². The minimum absolute atomic E-state index is 0.00236. The van der Waals surface area contributed by atoms with Crippen LogP contribution in [0.15, 0.2) is 54.6 Å². The normalized spacial score (nSPS) is 19.1. The van der Waals surface area contributed by atoms with Gasteiger partial charge in [-0.1, -0.05) is 111 Å². The molecule has 0 saturated carbocycles. The van der Waals surface area contributed by atoms with E-state index in [0.29, 0.717) is 56.4 Å². The SMILES string of the molecule is CC[C@H](C)[C@@H]([C@@H](CC(=O)N1CCC[C@H]1[C@H](OC)[C@@H](C)C(=O)C[C@@H](Cc1ccccc1)C(=O)NCc1ccc(NC(=O)[C@H](CCCNC(N)=O)CC(=O)[C@@H](NC(=O)CCCN2CC[C@@H](C(=O)NC)C[C@H]2C)C(C)C)cc1)OC)N(C)C(=O)[C@@H](NC(=O)[C@H](C(C)C)N(C)C)C(C)C. The quantitative estimate of drug-likeness (QED) is 0.0351. The standard InChI is InChI=1S/C72H117N11O12/c1-17-47(8)65(81(14)71(92)63(45(4)5)79-70(91)64(46(6)7)80(12)13)59(94-15)42-61(87)83-36-22-27-56(83)66(95-16)49(10)57(84)41-54(39-50-24-19-18-20-25-50)68(89)76-43-51-29-31-55(32-30-51)77-69(90)52(26-21-34-75-72(73)93)40-58(85)62(44(2)3)78-60(86)28-23-35-82-37-33-53(38-48(82)9)67(88)74-11/h18-20,24-25,29-32,44-49,52-54,56,59,62-66H,17,21-23,26-28,33-43H2,1-16H3,(H,74,88)(H,76,89)(H,77,90)(H,78,86)(H,79,91)(H3,73,75,93)/t47-,48+,49-,52+,53+,54+,56-,59+,62-,63-,64-,65-,66+/m0/s1. The Kier molecular flexibility index (Phi) is 34.0. The van der Waals surface area contributed by atoms with Gasteiger partial charge in [-0.2, -0.15) is 0 Å². The fourth-order valence-corrected chi connectivity index (χ4v) is 13.9. The van der Waals surface area contributed by atoms with E-state index in [1.807, 2.05) is 105 Å². The molecule has 23 heteroatoms. The Morgan fingerprint density at radius 1 is 0.705 bits per heavy atom. The highest BCUT2D eigenvalue weighted by molar-refractivity contribution is 5.97. The van der Waals surface area contributed by atoms with Gasteiger partial charge in [-0.25, -0.2) is 4.79 Å². The van der Waals surface area contributed by atoms with Gasteiger partial charge in [0, 0.05) is 103 Å². The number of ether oxygens (including phenoxy) is 2. The average molecular weight is 1330 g/mol. The summed E-state index contributed by atoms with van der Waals surface area (Å²) in [5, 5.41) is 17.2. The number of rotatable bonds is 40. The zero-order valence-corrected chi connectivity index (χ0v) is 59.9. The van der Waals surface area contributed by atoms with Gasteiger partial charge in [0.05, 0.1) is 42.8 Å². The first-order valence-electron chi connectivity index (χ1n) is 34.6. The number of hydrogen-bond donors (Lipinski definition) is 7. The number of nitrogens with zero attached hydrogens (tertiary/aromatic N) is 4. The summed E-state index contributed by atoms with van der Waals surface area (Å²) in [6.07, 6.45) is 3.42. The Hall–Kier alpha value is -6.82. The van der Waals surface area contributed by atoms with Crippen LogP contribution < -0.4 is 37.6 Å². The maximum atomic E-state index is 14.7. The predicted octanol–water partition coefficient (Wildman–Crippen LogP) is 6.50. The maximum absolute atomic E-state index is 14.7. The van der Waals surface area contributed by atoms with Gasteiger partial charge in [0.2, 0.25) is 41.4 Å². The molecule has 2 aromatic carbocycles. The Balaban J connectivity index is 1.43. The lowest BCUT2D eigenvalue weighted by Crippen LogP contribution is -2.59. The molecule has 2 heterocycles. The number of benzene rings is 2. The zero-order chi connectivity index (χ0) is 70.8. The maximum Gasteiger partial charge on any atom is 0.312 e. The number of urea groups is 1. The monoisotopic (exact) mass is 1330 g/mol. The fourth-order valence-electron chi connectivity index (χ4n) is 13.9. The molecule has 0 spiro atoms. The molecule has 9 amide bonds. The number of ketones is 2. The van der Waals surface area contributed by atoms with Crippen LogP contribution in [0.25, 0.3) is 0 Å². The molecule has 2 fully saturated rings. The molecule has 13 atom stereocenters. The molecule has 2 aliphatic heterocycles. The Labute approximate surface area is 566 Å². The lowest BCUT2D eigenvalue weighted by Gasteiger charge is -2.41. The first-order chi connectivity index (χ1) is 45.0. The number of carbonyl (C=O) groups excluding carboxylic acids is 10. The molecule has 8 N–H and O–H groups in total. The van der Waals surface area contributed by atoms with Crippen LogP contribution in [0.3, 0.4) is 0 Å². The summed E-state index contributed by atoms with van der Waals surface area (Å²) in [6.45, 7) is 21.5. The van der Waals surface area contributed by atoms with Gasteiger partial charge in [0.15, 0.2) is 5.78 Å². The molecule has 0 aromatic heterocycles. The van der Waals surface area contributed by atoms with Crippen LogP contribution in [0.2, 0.25) is 0 Å². The lowest BCUT2D eigenvalue weighted by molar-refractivity contribution is -0.148. The van der Waals surface area contributed by atoms with Crippen molar-refractivity contribution in [3.8, 4) is 0 Å². The largest absolute Gasteiger partial charge is 0.379 e. The molecule has 23 nitrogen and oxygen atoms in total. The smallest absolute Gasteiger partial charge is 0.312 e. The van der Waals surface area contributed by atoms with E-state index in [0.717, 1.165) is 24.9 Å². The molecule has 2 aliphatic rings. The number of piperidine rings is 1. The number of nitrogens with two attached hydrogens (primary N) is 1. The highest BCUT2D eigenvalue weighted by Gasteiger charge is 2.44. The molecule has 95 heavy (non-hydrogen) atoms. The number of primary amides is 1. The fraction of sp³-hybridized carbons (Fsp3) is 0.694. The molecule has 0 bridgehead atoms. The third-order valence-electron chi connectivity index (χ3n) is 19.5. The van der Waals surface area contributed by atoms with Crippen LogP contribution in [0.5, 0.6) is 0 Å². The summed E-state index contributed by atoms with van der Waals surface area (Å²) in [7, 11) is 10.1. The van der Waals surface area contributed by atoms with Crippen molar-refractivity contribution in [1.29, 1.82) is 0 Å². The van der Waals surface area contributed by atoms with E-state index < -0.39 is 72.1 Å². The third kappa shape index (κ3) is 24.7. The van der Waals surface area contributed by atoms with Gasteiger partial charge in [0.25, 0.3) is 0 Å². The summed E-state index contributed by atoms with van der Waals surface area (Å²) >= 11 is 0. The van der Waals surface area contributed by atoms with E-state index in [1.165, 1.54) is 7.11 Å². The van der Waals surface area contributed by atoms with Crippen molar-refractivity contribution in [2.45, 2.75) is 208 Å². The number of likely N-dealkylation sites (tertiary alicyclic amines) is 2. The molecule has 2 aromatic rings.